The molecular weight excluding hydrogens is 282 g/mol. The van der Waals surface area contributed by atoms with Crippen LogP contribution in [0.25, 0.3) is 0 Å². The highest BCUT2D eigenvalue weighted by molar-refractivity contribution is 5.72. The Labute approximate surface area is 133 Å². The second-order valence-corrected chi connectivity index (χ2v) is 6.14. The van der Waals surface area contributed by atoms with Crippen molar-refractivity contribution in [3.8, 4) is 0 Å². The molecular formula is C17H29NO4. The third-order valence-corrected chi connectivity index (χ3v) is 4.46. The molecule has 1 aliphatic heterocycles. The molecule has 0 radical (unpaired) electrons. The molecule has 2 fully saturated rings. The van der Waals surface area contributed by atoms with Gasteiger partial charge in [-0.3, -0.25) is 4.79 Å². The third-order valence-electron chi connectivity index (χ3n) is 4.46. The van der Waals surface area contributed by atoms with Crippen LogP contribution in [0.4, 0.5) is 0 Å². The quantitative estimate of drug-likeness (QED) is 0.549. The maximum absolute atomic E-state index is 11.7. The van der Waals surface area contributed by atoms with E-state index < -0.39 is 0 Å². The zero-order chi connectivity index (χ0) is 15.8. The molecule has 1 aliphatic carbocycles. The van der Waals surface area contributed by atoms with E-state index in [0.717, 1.165) is 45.3 Å². The van der Waals surface area contributed by atoms with E-state index in [2.05, 4.69) is 11.9 Å². The molecule has 126 valence electrons. The number of carbonyl (C=O) groups excluding carboxylic acids is 1. The average molecular weight is 311 g/mol. The normalized spacial score (nSPS) is 31.9. The molecule has 5 nitrogen and oxygen atoms in total. The molecule has 2 rings (SSSR count). The molecule has 2 atom stereocenters. The number of carbonyl (C=O) groups is 1. The van der Waals surface area contributed by atoms with Crippen molar-refractivity contribution in [3.05, 3.63) is 12.7 Å². The van der Waals surface area contributed by atoms with Crippen molar-refractivity contribution in [2.75, 3.05) is 26.4 Å². The van der Waals surface area contributed by atoms with Crippen LogP contribution in [0, 0.1) is 5.92 Å². The van der Waals surface area contributed by atoms with Gasteiger partial charge in [0.2, 0.25) is 0 Å². The second-order valence-electron chi connectivity index (χ2n) is 6.14. The molecule has 1 heterocycles. The van der Waals surface area contributed by atoms with Crippen molar-refractivity contribution in [1.29, 1.82) is 0 Å². The third kappa shape index (κ3) is 5.38. The van der Waals surface area contributed by atoms with Gasteiger partial charge in [0.05, 0.1) is 37.9 Å². The van der Waals surface area contributed by atoms with Crippen LogP contribution in [0.2, 0.25) is 0 Å². The Morgan fingerprint density at radius 3 is 2.68 bits per heavy atom. The lowest BCUT2D eigenvalue weighted by Gasteiger charge is -2.28. The predicted molar refractivity (Wildman–Crippen MR) is 84.7 cm³/mol. The van der Waals surface area contributed by atoms with Crippen molar-refractivity contribution in [1.82, 2.24) is 5.32 Å². The SMILES string of the molecule is C=CCO[C@@H]1CN[C@H](CO[C@H]2CC[C@H](C(=O)OCC)CC2)C1. The molecule has 0 spiro atoms. The Bertz CT molecular complexity index is 353. The predicted octanol–water partition coefficient (Wildman–Crippen LogP) is 2.06. The van der Waals surface area contributed by atoms with Crippen LogP contribution in [-0.2, 0) is 19.0 Å². The summed E-state index contributed by atoms with van der Waals surface area (Å²) in [7, 11) is 0. The van der Waals surface area contributed by atoms with Gasteiger partial charge in [-0.2, -0.15) is 0 Å². The van der Waals surface area contributed by atoms with Crippen molar-refractivity contribution in [3.63, 3.8) is 0 Å². The van der Waals surface area contributed by atoms with Crippen LogP contribution in [0.1, 0.15) is 39.0 Å². The van der Waals surface area contributed by atoms with E-state index in [9.17, 15) is 4.79 Å². The Hall–Kier alpha value is -0.910. The Balaban J connectivity index is 1.59. The fourth-order valence-corrected chi connectivity index (χ4v) is 3.22. The summed E-state index contributed by atoms with van der Waals surface area (Å²) in [5.74, 6) is 0.0294. The van der Waals surface area contributed by atoms with Crippen LogP contribution < -0.4 is 5.32 Å². The number of hydrogen-bond donors (Lipinski definition) is 1. The topological polar surface area (TPSA) is 56.8 Å². The van der Waals surface area contributed by atoms with Crippen molar-refractivity contribution in [2.24, 2.45) is 5.92 Å². The molecule has 0 amide bonds. The summed E-state index contributed by atoms with van der Waals surface area (Å²) in [6.45, 7) is 8.21. The molecule has 1 saturated heterocycles. The van der Waals surface area contributed by atoms with Gasteiger partial charge in [-0.05, 0) is 39.0 Å². The first kappa shape index (κ1) is 17.4. The molecule has 0 bridgehead atoms. The Morgan fingerprint density at radius 2 is 2.00 bits per heavy atom. The summed E-state index contributed by atoms with van der Waals surface area (Å²) in [5.41, 5.74) is 0. The number of esters is 1. The molecule has 1 N–H and O–H groups in total. The number of nitrogens with one attached hydrogen (secondary N) is 1. The van der Waals surface area contributed by atoms with E-state index in [-0.39, 0.29) is 24.1 Å². The van der Waals surface area contributed by atoms with Gasteiger partial charge in [-0.25, -0.2) is 0 Å². The van der Waals surface area contributed by atoms with Crippen molar-refractivity contribution in [2.45, 2.75) is 57.3 Å². The first-order valence-corrected chi connectivity index (χ1v) is 8.47. The van der Waals surface area contributed by atoms with Crippen molar-refractivity contribution >= 4 is 5.97 Å². The van der Waals surface area contributed by atoms with Gasteiger partial charge < -0.3 is 19.5 Å². The number of ether oxygens (including phenoxy) is 3. The summed E-state index contributed by atoms with van der Waals surface area (Å²) in [4.78, 5) is 11.7. The molecule has 2 aliphatic rings. The largest absolute Gasteiger partial charge is 0.466 e. The monoisotopic (exact) mass is 311 g/mol. The second kappa shape index (κ2) is 9.28. The van der Waals surface area contributed by atoms with E-state index in [1.54, 1.807) is 6.08 Å². The minimum Gasteiger partial charge on any atom is -0.466 e. The lowest BCUT2D eigenvalue weighted by Crippen LogP contribution is -2.32. The lowest BCUT2D eigenvalue weighted by molar-refractivity contribution is -0.150. The Morgan fingerprint density at radius 1 is 1.23 bits per heavy atom. The summed E-state index contributed by atoms with van der Waals surface area (Å²) in [6.07, 6.45) is 6.99. The van der Waals surface area contributed by atoms with Crippen LogP contribution >= 0.6 is 0 Å². The summed E-state index contributed by atoms with van der Waals surface area (Å²) < 4.78 is 16.8. The zero-order valence-electron chi connectivity index (χ0n) is 13.6. The summed E-state index contributed by atoms with van der Waals surface area (Å²) >= 11 is 0. The van der Waals surface area contributed by atoms with Gasteiger partial charge >= 0.3 is 5.97 Å². The van der Waals surface area contributed by atoms with Gasteiger partial charge in [0.25, 0.3) is 0 Å². The first-order valence-electron chi connectivity index (χ1n) is 8.47. The number of rotatable bonds is 8. The summed E-state index contributed by atoms with van der Waals surface area (Å²) in [5, 5.41) is 3.44. The molecule has 0 aromatic rings. The molecule has 0 unspecified atom stereocenters. The fraction of sp³-hybridized carbons (Fsp3) is 0.824. The van der Waals surface area contributed by atoms with Crippen LogP contribution in [0.3, 0.4) is 0 Å². The maximum Gasteiger partial charge on any atom is 0.308 e. The minimum absolute atomic E-state index is 0.0411. The minimum atomic E-state index is -0.0411. The highest BCUT2D eigenvalue weighted by atomic mass is 16.5. The fourth-order valence-electron chi connectivity index (χ4n) is 3.22. The average Bonchev–Trinajstić information content (AvgIpc) is 2.99. The Kier molecular flexibility index (Phi) is 7.36. The molecule has 5 heteroatoms. The van der Waals surface area contributed by atoms with E-state index in [1.165, 1.54) is 0 Å². The smallest absolute Gasteiger partial charge is 0.308 e. The van der Waals surface area contributed by atoms with E-state index in [4.69, 9.17) is 14.2 Å². The van der Waals surface area contributed by atoms with Crippen molar-refractivity contribution < 1.29 is 19.0 Å². The van der Waals surface area contributed by atoms with E-state index >= 15 is 0 Å². The van der Waals surface area contributed by atoms with E-state index in [0.29, 0.717) is 19.3 Å². The zero-order valence-corrected chi connectivity index (χ0v) is 13.6. The highest BCUT2D eigenvalue weighted by Gasteiger charge is 2.29. The maximum atomic E-state index is 11.7. The van der Waals surface area contributed by atoms with Gasteiger partial charge in [0, 0.05) is 12.6 Å². The van der Waals surface area contributed by atoms with Gasteiger partial charge in [0.15, 0.2) is 0 Å². The van der Waals surface area contributed by atoms with Crippen LogP contribution in [0.15, 0.2) is 12.7 Å². The van der Waals surface area contributed by atoms with E-state index in [1.807, 2.05) is 6.92 Å². The van der Waals surface area contributed by atoms with Crippen LogP contribution in [-0.4, -0.2) is 50.6 Å². The number of hydrogen-bond acceptors (Lipinski definition) is 5. The molecule has 22 heavy (non-hydrogen) atoms. The molecule has 0 aromatic carbocycles. The van der Waals surface area contributed by atoms with Gasteiger partial charge in [0.1, 0.15) is 0 Å². The first-order chi connectivity index (χ1) is 10.7. The van der Waals surface area contributed by atoms with Crippen LogP contribution in [0.5, 0.6) is 0 Å². The van der Waals surface area contributed by atoms with Gasteiger partial charge in [-0.1, -0.05) is 6.08 Å². The van der Waals surface area contributed by atoms with Gasteiger partial charge in [-0.15, -0.1) is 6.58 Å². The highest BCUT2D eigenvalue weighted by Crippen LogP contribution is 2.27. The lowest BCUT2D eigenvalue weighted by atomic mass is 9.87. The summed E-state index contributed by atoms with van der Waals surface area (Å²) in [6, 6.07) is 0.373. The molecule has 1 saturated carbocycles. The molecule has 0 aromatic heterocycles. The standard InChI is InChI=1S/C17H29NO4/c1-3-9-21-16-10-14(18-11-16)12-22-15-7-5-13(6-8-15)17(19)20-4-2/h3,13-16,18H,1,4-12H2,2H3/t13-,14-,15-,16-/m0/s1.